The van der Waals surface area contributed by atoms with Crippen LogP contribution in [-0.2, 0) is 4.79 Å². The van der Waals surface area contributed by atoms with Crippen LogP contribution in [0.1, 0.15) is 28.4 Å². The summed E-state index contributed by atoms with van der Waals surface area (Å²) in [7, 11) is 0. The van der Waals surface area contributed by atoms with Gasteiger partial charge in [-0.1, -0.05) is 17.8 Å². The second-order valence-electron chi connectivity index (χ2n) is 7.92. The Hall–Kier alpha value is -3.36. The third kappa shape index (κ3) is 4.19. The molecule has 0 aliphatic rings. The molecule has 33 heavy (non-hydrogen) atoms. The summed E-state index contributed by atoms with van der Waals surface area (Å²) in [6.07, 6.45) is 1.54. The Morgan fingerprint density at radius 3 is 2.58 bits per heavy atom. The third-order valence-corrected chi connectivity index (χ3v) is 7.60. The van der Waals surface area contributed by atoms with E-state index in [1.807, 2.05) is 0 Å². The van der Waals surface area contributed by atoms with Gasteiger partial charge in [-0.15, -0.1) is 11.3 Å². The van der Waals surface area contributed by atoms with Crippen molar-refractivity contribution < 1.29 is 9.59 Å². The number of thiophene rings is 1. The minimum atomic E-state index is -0.140. The molecule has 0 unspecified atom stereocenters. The number of Topliss-reactive ketones (excluding diaryl/α,β-unsaturated/α-hetero) is 1. The van der Waals surface area contributed by atoms with E-state index in [9.17, 15) is 9.59 Å². The van der Waals surface area contributed by atoms with Crippen molar-refractivity contribution in [2.24, 2.45) is 0 Å². The number of fused-ring (bicyclic) bond motifs is 4. The van der Waals surface area contributed by atoms with Gasteiger partial charge in [-0.25, -0.2) is 15.0 Å². The number of pyridine rings is 1. The summed E-state index contributed by atoms with van der Waals surface area (Å²) in [4.78, 5) is 38.6. The van der Waals surface area contributed by atoms with Gasteiger partial charge < -0.3 is 5.32 Å². The van der Waals surface area contributed by atoms with Crippen molar-refractivity contribution in [1.29, 1.82) is 0 Å². The van der Waals surface area contributed by atoms with Crippen molar-refractivity contribution in [3.8, 4) is 0 Å². The maximum atomic E-state index is 12.5. The quantitative estimate of drug-likeness (QED) is 0.193. The summed E-state index contributed by atoms with van der Waals surface area (Å²) in [5, 5.41) is 5.76. The summed E-state index contributed by atoms with van der Waals surface area (Å²) >= 11 is 2.93. The van der Waals surface area contributed by atoms with Crippen molar-refractivity contribution in [3.05, 3.63) is 65.5 Å². The van der Waals surface area contributed by atoms with Gasteiger partial charge in [0.1, 0.15) is 16.2 Å². The first-order valence-corrected chi connectivity index (χ1v) is 12.2. The van der Waals surface area contributed by atoms with E-state index < -0.39 is 0 Å². The number of nitrogens with zero attached hydrogens (tertiary/aromatic N) is 3. The number of aromatic nitrogens is 3. The molecule has 3 aromatic heterocycles. The maximum absolute atomic E-state index is 12.5. The largest absolute Gasteiger partial charge is 0.325 e. The summed E-state index contributed by atoms with van der Waals surface area (Å²) in [5.41, 5.74) is 5.48. The molecule has 1 amide bonds. The second-order valence-corrected chi connectivity index (χ2v) is 9.88. The van der Waals surface area contributed by atoms with Gasteiger partial charge in [-0.3, -0.25) is 9.59 Å². The predicted octanol–water partition coefficient (Wildman–Crippen LogP) is 5.94. The summed E-state index contributed by atoms with van der Waals surface area (Å²) in [5.74, 6) is 0.0633. The van der Waals surface area contributed by atoms with Gasteiger partial charge in [0, 0.05) is 22.0 Å². The molecule has 0 bridgehead atoms. The van der Waals surface area contributed by atoms with E-state index in [1.165, 1.54) is 29.8 Å². The first-order valence-electron chi connectivity index (χ1n) is 10.4. The average molecular weight is 473 g/mol. The molecule has 5 rings (SSSR count). The van der Waals surface area contributed by atoms with E-state index in [1.54, 1.807) is 41.9 Å². The predicted molar refractivity (Wildman–Crippen MR) is 135 cm³/mol. The number of hydrogen-bond acceptors (Lipinski definition) is 7. The number of nitrogens with one attached hydrogen (secondary N) is 1. The molecule has 8 heteroatoms. The Bertz CT molecular complexity index is 1560. The molecule has 1 N–H and O–H groups in total. The maximum Gasteiger partial charge on any atom is 0.234 e. The number of thioether (sulfide) groups is 1. The molecule has 0 saturated heterocycles. The molecular formula is C25H20N4O2S2. The number of carbonyl (C=O) groups is 2. The molecule has 5 aromatic rings. The molecule has 0 aliphatic carbocycles. The minimum Gasteiger partial charge on any atom is -0.325 e. The zero-order valence-electron chi connectivity index (χ0n) is 18.3. The third-order valence-electron chi connectivity index (χ3n) is 5.39. The Morgan fingerprint density at radius 2 is 1.82 bits per heavy atom. The number of rotatable bonds is 5. The molecule has 0 radical (unpaired) electrons. The Balaban J connectivity index is 1.41. The van der Waals surface area contributed by atoms with Gasteiger partial charge in [0.05, 0.1) is 21.5 Å². The van der Waals surface area contributed by atoms with E-state index in [-0.39, 0.29) is 17.4 Å². The number of hydrogen-bond donors (Lipinski definition) is 1. The highest BCUT2D eigenvalue weighted by Gasteiger charge is 2.15. The topological polar surface area (TPSA) is 84.8 Å². The summed E-state index contributed by atoms with van der Waals surface area (Å²) in [6, 6.07) is 13.3. The van der Waals surface area contributed by atoms with Crippen LogP contribution in [0.5, 0.6) is 0 Å². The molecular weight excluding hydrogens is 452 g/mol. The molecule has 6 nitrogen and oxygen atoms in total. The highest BCUT2D eigenvalue weighted by molar-refractivity contribution is 8.00. The average Bonchev–Trinajstić information content (AvgIpc) is 3.15. The molecule has 2 aromatic carbocycles. The SMILES string of the molecule is CC(=O)c1ccc(NC(=O)CSc2ncnc3c2sc2nc4cc(C)cc(C)c4cc23)cc1. The van der Waals surface area contributed by atoms with Gasteiger partial charge in [-0.05, 0) is 68.3 Å². The lowest BCUT2D eigenvalue weighted by atomic mass is 10.1. The van der Waals surface area contributed by atoms with Gasteiger partial charge in [-0.2, -0.15) is 0 Å². The van der Waals surface area contributed by atoms with Crippen LogP contribution < -0.4 is 5.32 Å². The van der Waals surface area contributed by atoms with Crippen LogP contribution in [-0.4, -0.2) is 32.4 Å². The van der Waals surface area contributed by atoms with E-state index in [0.717, 1.165) is 36.4 Å². The number of carbonyl (C=O) groups excluding carboxylic acids is 2. The molecule has 3 heterocycles. The van der Waals surface area contributed by atoms with E-state index in [2.05, 4.69) is 47.3 Å². The first kappa shape index (κ1) is 21.5. The van der Waals surface area contributed by atoms with Crippen LogP contribution in [0.25, 0.3) is 31.3 Å². The zero-order valence-corrected chi connectivity index (χ0v) is 19.9. The van der Waals surface area contributed by atoms with Gasteiger partial charge in [0.2, 0.25) is 5.91 Å². The first-order chi connectivity index (χ1) is 15.9. The fourth-order valence-corrected chi connectivity index (χ4v) is 5.81. The van der Waals surface area contributed by atoms with E-state index in [4.69, 9.17) is 4.98 Å². The number of ketones is 1. The lowest BCUT2D eigenvalue weighted by Crippen LogP contribution is -2.14. The number of benzene rings is 2. The smallest absolute Gasteiger partial charge is 0.234 e. The van der Waals surface area contributed by atoms with Crippen LogP contribution in [0.3, 0.4) is 0 Å². The number of amides is 1. The van der Waals surface area contributed by atoms with Crippen LogP contribution in [0.4, 0.5) is 5.69 Å². The monoisotopic (exact) mass is 472 g/mol. The molecule has 0 atom stereocenters. The van der Waals surface area contributed by atoms with Crippen molar-refractivity contribution in [2.75, 3.05) is 11.1 Å². The van der Waals surface area contributed by atoms with E-state index in [0.29, 0.717) is 11.3 Å². The standard InChI is InChI=1S/C25H20N4O2S2/c1-13-8-14(2)18-10-19-22-23(33-24(19)29-20(18)9-13)25(27-12-26-22)32-11-21(31)28-17-6-4-16(5-7-17)15(3)30/h4-10,12H,11H2,1-3H3,(H,28,31). The Labute approximate surface area is 198 Å². The fourth-order valence-electron chi connectivity index (χ4n) is 3.82. The second kappa shape index (κ2) is 8.53. The highest BCUT2D eigenvalue weighted by atomic mass is 32.2. The Morgan fingerprint density at radius 1 is 1.03 bits per heavy atom. The van der Waals surface area contributed by atoms with Crippen molar-refractivity contribution in [1.82, 2.24) is 15.0 Å². The van der Waals surface area contributed by atoms with Gasteiger partial charge in [0.25, 0.3) is 0 Å². The zero-order chi connectivity index (χ0) is 23.1. The summed E-state index contributed by atoms with van der Waals surface area (Å²) in [6.45, 7) is 5.69. The lowest BCUT2D eigenvalue weighted by Gasteiger charge is -2.06. The fraction of sp³-hybridized carbons (Fsp3) is 0.160. The molecule has 0 aliphatic heterocycles. The van der Waals surface area contributed by atoms with Crippen LogP contribution >= 0.6 is 23.1 Å². The van der Waals surface area contributed by atoms with Gasteiger partial charge >= 0.3 is 0 Å². The van der Waals surface area contributed by atoms with Crippen molar-refractivity contribution in [2.45, 2.75) is 25.8 Å². The number of anilines is 1. The minimum absolute atomic E-state index is 0.00720. The molecule has 0 fully saturated rings. The van der Waals surface area contributed by atoms with Crippen molar-refractivity contribution >= 4 is 71.8 Å². The van der Waals surface area contributed by atoms with Crippen LogP contribution in [0, 0.1) is 13.8 Å². The van der Waals surface area contributed by atoms with Crippen LogP contribution in [0.2, 0.25) is 0 Å². The van der Waals surface area contributed by atoms with Crippen molar-refractivity contribution in [3.63, 3.8) is 0 Å². The van der Waals surface area contributed by atoms with Gasteiger partial charge in [0.15, 0.2) is 5.78 Å². The Kier molecular flexibility index (Phi) is 5.55. The highest BCUT2D eigenvalue weighted by Crippen LogP contribution is 2.38. The van der Waals surface area contributed by atoms with E-state index >= 15 is 0 Å². The lowest BCUT2D eigenvalue weighted by molar-refractivity contribution is -0.113. The molecule has 164 valence electrons. The number of aryl methyl sites for hydroxylation is 2. The van der Waals surface area contributed by atoms with Crippen LogP contribution in [0.15, 0.2) is 53.8 Å². The molecule has 0 saturated carbocycles. The molecule has 0 spiro atoms. The normalized spacial score (nSPS) is 11.4. The summed E-state index contributed by atoms with van der Waals surface area (Å²) < 4.78 is 0.938.